The van der Waals surface area contributed by atoms with E-state index in [-0.39, 0.29) is 6.54 Å². The lowest BCUT2D eigenvalue weighted by molar-refractivity contribution is 0.235. The van der Waals surface area contributed by atoms with E-state index >= 15 is 0 Å². The number of nitrogens with zero attached hydrogens (tertiary/aromatic N) is 1. The first-order valence-corrected chi connectivity index (χ1v) is 6.93. The van der Waals surface area contributed by atoms with Gasteiger partial charge in [0.2, 0.25) is 0 Å². The number of hydrogen-bond donors (Lipinski definition) is 2. The highest BCUT2D eigenvalue weighted by molar-refractivity contribution is 5.74. The van der Waals surface area contributed by atoms with Crippen molar-refractivity contribution in [3.63, 3.8) is 0 Å². The van der Waals surface area contributed by atoms with Crippen LogP contribution in [0.5, 0.6) is 0 Å². The van der Waals surface area contributed by atoms with Crippen LogP contribution in [0, 0.1) is 11.6 Å². The Morgan fingerprint density at radius 2 is 2.09 bits per heavy atom. The Morgan fingerprint density at radius 1 is 1.32 bits per heavy atom. The number of benzene rings is 1. The van der Waals surface area contributed by atoms with Gasteiger partial charge < -0.3 is 15.2 Å². The molecule has 1 atom stereocenters. The Kier molecular flexibility index (Phi) is 5.08. The molecule has 2 amide bonds. The molecular formula is C15H17F2N3O2. The third-order valence-electron chi connectivity index (χ3n) is 3.18. The Balaban J connectivity index is 1.86. The van der Waals surface area contributed by atoms with Gasteiger partial charge in [0.1, 0.15) is 0 Å². The minimum absolute atomic E-state index is 0.198. The molecule has 0 bridgehead atoms. The van der Waals surface area contributed by atoms with Crippen molar-refractivity contribution >= 4 is 6.03 Å². The average Bonchev–Trinajstić information content (AvgIpc) is 2.96. The maximum Gasteiger partial charge on any atom is 0.315 e. The van der Waals surface area contributed by atoms with E-state index in [0.29, 0.717) is 11.3 Å². The Labute approximate surface area is 126 Å². The van der Waals surface area contributed by atoms with Gasteiger partial charge in [0.25, 0.3) is 0 Å². The van der Waals surface area contributed by atoms with Gasteiger partial charge in [-0.1, -0.05) is 18.1 Å². The molecule has 5 nitrogen and oxygen atoms in total. The molecule has 0 aliphatic heterocycles. The molecule has 7 heteroatoms. The van der Waals surface area contributed by atoms with E-state index in [4.69, 9.17) is 4.52 Å². The van der Waals surface area contributed by atoms with E-state index in [2.05, 4.69) is 15.8 Å². The number of aryl methyl sites for hydroxylation is 1. The molecule has 2 N–H and O–H groups in total. The van der Waals surface area contributed by atoms with Crippen molar-refractivity contribution in [1.29, 1.82) is 0 Å². The first kappa shape index (κ1) is 15.9. The SMILES string of the molecule is CCc1cc(CNC(=O)N[C@H](C)c2ccc(F)c(F)c2)on1. The third-order valence-corrected chi connectivity index (χ3v) is 3.18. The molecule has 118 valence electrons. The van der Waals surface area contributed by atoms with E-state index in [1.165, 1.54) is 6.07 Å². The Bertz CT molecular complexity index is 658. The topological polar surface area (TPSA) is 67.2 Å². The van der Waals surface area contributed by atoms with Crippen molar-refractivity contribution < 1.29 is 18.1 Å². The monoisotopic (exact) mass is 309 g/mol. The van der Waals surface area contributed by atoms with Crippen LogP contribution in [0.1, 0.15) is 36.9 Å². The van der Waals surface area contributed by atoms with E-state index in [9.17, 15) is 13.6 Å². The molecule has 0 fully saturated rings. The van der Waals surface area contributed by atoms with Crippen LogP contribution in [0.25, 0.3) is 0 Å². The fraction of sp³-hybridized carbons (Fsp3) is 0.333. The van der Waals surface area contributed by atoms with Gasteiger partial charge >= 0.3 is 6.03 Å². The van der Waals surface area contributed by atoms with Crippen LogP contribution in [0.4, 0.5) is 13.6 Å². The number of nitrogens with one attached hydrogen (secondary N) is 2. The van der Waals surface area contributed by atoms with Gasteiger partial charge in [-0.05, 0) is 31.0 Å². The number of amides is 2. The fourth-order valence-corrected chi connectivity index (χ4v) is 1.89. The molecule has 2 rings (SSSR count). The first-order chi connectivity index (χ1) is 10.5. The van der Waals surface area contributed by atoms with Crippen LogP contribution in [0.2, 0.25) is 0 Å². The van der Waals surface area contributed by atoms with Gasteiger partial charge in [0.05, 0.1) is 18.3 Å². The maximum atomic E-state index is 13.2. The quantitative estimate of drug-likeness (QED) is 0.892. The summed E-state index contributed by atoms with van der Waals surface area (Å²) in [5.74, 6) is -1.31. The van der Waals surface area contributed by atoms with Crippen molar-refractivity contribution in [2.24, 2.45) is 0 Å². The van der Waals surface area contributed by atoms with Crippen LogP contribution >= 0.6 is 0 Å². The summed E-state index contributed by atoms with van der Waals surface area (Å²) < 4.78 is 31.1. The number of aromatic nitrogens is 1. The van der Waals surface area contributed by atoms with E-state index in [0.717, 1.165) is 24.2 Å². The van der Waals surface area contributed by atoms with E-state index in [1.54, 1.807) is 13.0 Å². The Morgan fingerprint density at radius 3 is 2.73 bits per heavy atom. The molecule has 2 aromatic rings. The lowest BCUT2D eigenvalue weighted by atomic mass is 10.1. The van der Waals surface area contributed by atoms with E-state index in [1.807, 2.05) is 6.92 Å². The predicted octanol–water partition coefficient (Wildman–Crippen LogP) is 3.08. The van der Waals surface area contributed by atoms with Crippen molar-refractivity contribution in [2.75, 3.05) is 0 Å². The molecule has 22 heavy (non-hydrogen) atoms. The molecule has 0 saturated carbocycles. The van der Waals surface area contributed by atoms with Crippen LogP contribution in [-0.4, -0.2) is 11.2 Å². The van der Waals surface area contributed by atoms with Gasteiger partial charge in [-0.15, -0.1) is 0 Å². The molecule has 1 heterocycles. The number of rotatable bonds is 5. The highest BCUT2D eigenvalue weighted by atomic mass is 19.2. The minimum Gasteiger partial charge on any atom is -0.359 e. The lowest BCUT2D eigenvalue weighted by Crippen LogP contribution is -2.36. The summed E-state index contributed by atoms with van der Waals surface area (Å²) in [5, 5.41) is 9.06. The van der Waals surface area contributed by atoms with Gasteiger partial charge in [0, 0.05) is 6.07 Å². The van der Waals surface area contributed by atoms with Crippen LogP contribution in [0.3, 0.4) is 0 Å². The zero-order valence-corrected chi connectivity index (χ0v) is 12.3. The van der Waals surface area contributed by atoms with Gasteiger partial charge in [0.15, 0.2) is 17.4 Å². The normalized spacial score (nSPS) is 12.0. The largest absolute Gasteiger partial charge is 0.359 e. The summed E-state index contributed by atoms with van der Waals surface area (Å²) in [6.45, 7) is 3.82. The van der Waals surface area contributed by atoms with Gasteiger partial charge in [-0.3, -0.25) is 0 Å². The van der Waals surface area contributed by atoms with Crippen molar-refractivity contribution in [3.05, 3.63) is 52.9 Å². The lowest BCUT2D eigenvalue weighted by Gasteiger charge is -2.14. The molecule has 0 unspecified atom stereocenters. The Hall–Kier alpha value is -2.44. The summed E-state index contributed by atoms with van der Waals surface area (Å²) in [4.78, 5) is 11.8. The molecular weight excluding hydrogens is 292 g/mol. The standard InChI is InChI=1S/C15H17F2N3O2/c1-3-11-7-12(22-20-11)8-18-15(21)19-9(2)10-4-5-13(16)14(17)6-10/h4-7,9H,3,8H2,1-2H3,(H2,18,19,21)/t9-/m1/s1. The predicted molar refractivity (Wildman–Crippen MR) is 76.0 cm³/mol. The molecule has 0 radical (unpaired) electrons. The first-order valence-electron chi connectivity index (χ1n) is 6.93. The number of carbonyl (C=O) groups is 1. The van der Waals surface area contributed by atoms with Gasteiger partial charge in [-0.25, -0.2) is 13.6 Å². The third kappa shape index (κ3) is 4.03. The number of halogens is 2. The highest BCUT2D eigenvalue weighted by Crippen LogP contribution is 2.15. The number of hydrogen-bond acceptors (Lipinski definition) is 3. The smallest absolute Gasteiger partial charge is 0.315 e. The van der Waals surface area contributed by atoms with Crippen molar-refractivity contribution in [2.45, 2.75) is 32.9 Å². The molecule has 0 spiro atoms. The zero-order valence-electron chi connectivity index (χ0n) is 12.3. The summed E-state index contributed by atoms with van der Waals surface area (Å²) in [7, 11) is 0. The van der Waals surface area contributed by atoms with Crippen LogP contribution in [0.15, 0.2) is 28.8 Å². The van der Waals surface area contributed by atoms with Crippen molar-refractivity contribution in [3.8, 4) is 0 Å². The molecule has 0 aliphatic rings. The van der Waals surface area contributed by atoms with Gasteiger partial charge in [-0.2, -0.15) is 0 Å². The molecule has 1 aromatic carbocycles. The number of urea groups is 1. The average molecular weight is 309 g/mol. The summed E-state index contributed by atoms with van der Waals surface area (Å²) in [6.07, 6.45) is 0.753. The van der Waals surface area contributed by atoms with Crippen molar-refractivity contribution in [1.82, 2.24) is 15.8 Å². The molecule has 0 saturated heterocycles. The highest BCUT2D eigenvalue weighted by Gasteiger charge is 2.12. The second kappa shape index (κ2) is 7.02. The number of carbonyl (C=O) groups excluding carboxylic acids is 1. The second-order valence-electron chi connectivity index (χ2n) is 4.86. The van der Waals surface area contributed by atoms with Crippen LogP contribution in [-0.2, 0) is 13.0 Å². The summed E-state index contributed by atoms with van der Waals surface area (Å²) in [5.41, 5.74) is 1.29. The van der Waals surface area contributed by atoms with E-state index < -0.39 is 23.7 Å². The van der Waals surface area contributed by atoms with Crippen LogP contribution < -0.4 is 10.6 Å². The summed E-state index contributed by atoms with van der Waals surface area (Å²) >= 11 is 0. The zero-order chi connectivity index (χ0) is 16.1. The minimum atomic E-state index is -0.944. The molecule has 1 aromatic heterocycles. The fourth-order valence-electron chi connectivity index (χ4n) is 1.89. The second-order valence-corrected chi connectivity index (χ2v) is 4.86. The summed E-state index contributed by atoms with van der Waals surface area (Å²) in [6, 6.07) is 4.38. The maximum absolute atomic E-state index is 13.2. The molecule has 0 aliphatic carbocycles.